The van der Waals surface area contributed by atoms with Gasteiger partial charge in [-0.3, -0.25) is 0 Å². The number of amides is 1. The van der Waals surface area contributed by atoms with Crippen molar-refractivity contribution in [3.05, 3.63) is 94.4 Å². The van der Waals surface area contributed by atoms with Gasteiger partial charge in [-0.2, -0.15) is 0 Å². The third kappa shape index (κ3) is 4.22. The van der Waals surface area contributed by atoms with Gasteiger partial charge in [0.25, 0.3) is 0 Å². The average molecular weight is 458 g/mol. The highest BCUT2D eigenvalue weighted by Crippen LogP contribution is 2.44. The Balaban J connectivity index is 1.27. The summed E-state index contributed by atoms with van der Waals surface area (Å²) in [4.78, 5) is 25.3. The molecule has 5 rings (SSSR count). The first-order valence-electron chi connectivity index (χ1n) is 10.8. The van der Waals surface area contributed by atoms with Crippen LogP contribution >= 0.6 is 11.3 Å². The molecule has 33 heavy (non-hydrogen) atoms. The molecule has 4 aromatic rings. The minimum atomic E-state index is -1.09. The Bertz CT molecular complexity index is 1310. The van der Waals surface area contributed by atoms with E-state index in [0.717, 1.165) is 42.8 Å². The van der Waals surface area contributed by atoms with Gasteiger partial charge < -0.3 is 15.2 Å². The molecule has 1 aliphatic carbocycles. The van der Waals surface area contributed by atoms with Crippen LogP contribution in [0.3, 0.4) is 0 Å². The number of carboxylic acid groups (broad SMARTS) is 1. The van der Waals surface area contributed by atoms with Gasteiger partial charge in [-0.1, -0.05) is 66.2 Å². The predicted octanol–water partition coefficient (Wildman–Crippen LogP) is 5.74. The van der Waals surface area contributed by atoms with Gasteiger partial charge in [-0.25, -0.2) is 9.59 Å². The van der Waals surface area contributed by atoms with Crippen LogP contribution < -0.4 is 5.32 Å². The second-order valence-corrected chi connectivity index (χ2v) is 9.49. The van der Waals surface area contributed by atoms with E-state index < -0.39 is 18.1 Å². The highest BCUT2D eigenvalue weighted by molar-refractivity contribution is 7.19. The summed E-state index contributed by atoms with van der Waals surface area (Å²) < 4.78 is 6.62. The van der Waals surface area contributed by atoms with Crippen LogP contribution in [0.5, 0.6) is 0 Å². The van der Waals surface area contributed by atoms with Crippen molar-refractivity contribution in [3.63, 3.8) is 0 Å². The van der Waals surface area contributed by atoms with Gasteiger partial charge in [-0.15, -0.1) is 11.3 Å². The SMILES string of the molecule is Cc1ccc2sc(CC(NC(=O)OCC3c4ccccc4-c4ccccc43)C(=O)O)cc2c1. The number of carbonyl (C=O) groups excluding carboxylic acids is 1. The molecular weight excluding hydrogens is 434 g/mol. The van der Waals surface area contributed by atoms with Gasteiger partial charge in [0.1, 0.15) is 12.6 Å². The van der Waals surface area contributed by atoms with Crippen LogP contribution in [0.1, 0.15) is 27.5 Å². The highest BCUT2D eigenvalue weighted by atomic mass is 32.1. The second kappa shape index (κ2) is 8.71. The fourth-order valence-corrected chi connectivity index (χ4v) is 5.59. The summed E-state index contributed by atoms with van der Waals surface area (Å²) in [6, 6.07) is 23.3. The Morgan fingerprint density at radius 1 is 1.00 bits per heavy atom. The number of hydrogen-bond donors (Lipinski definition) is 2. The van der Waals surface area contributed by atoms with Crippen LogP contribution in [-0.2, 0) is 16.0 Å². The molecule has 0 spiro atoms. The molecule has 1 heterocycles. The molecule has 1 aromatic heterocycles. The number of nitrogens with one attached hydrogen (secondary N) is 1. The third-order valence-electron chi connectivity index (χ3n) is 6.06. The highest BCUT2D eigenvalue weighted by Gasteiger charge is 2.30. The van der Waals surface area contributed by atoms with Gasteiger partial charge >= 0.3 is 12.1 Å². The number of aliphatic carboxylic acids is 1. The Kier molecular flexibility index (Phi) is 5.60. The van der Waals surface area contributed by atoms with E-state index in [-0.39, 0.29) is 18.9 Å². The maximum absolute atomic E-state index is 12.6. The Labute approximate surface area is 195 Å². The smallest absolute Gasteiger partial charge is 0.407 e. The fourth-order valence-electron chi connectivity index (χ4n) is 4.50. The lowest BCUT2D eigenvalue weighted by atomic mass is 9.98. The van der Waals surface area contributed by atoms with Crippen LogP contribution in [0.15, 0.2) is 72.8 Å². The van der Waals surface area contributed by atoms with Gasteiger partial charge in [0, 0.05) is 21.9 Å². The standard InChI is InChI=1S/C27H23NO4S/c1-16-10-11-25-17(12-16)13-18(33-25)14-24(26(29)30)28-27(31)32-15-23-21-8-4-2-6-19(21)20-7-3-5-9-22(20)23/h2-13,23-24H,14-15H2,1H3,(H,28,31)(H,29,30). The topological polar surface area (TPSA) is 75.6 Å². The maximum atomic E-state index is 12.6. The number of carbonyl (C=O) groups is 2. The molecule has 0 bridgehead atoms. The number of ether oxygens (including phenoxy) is 1. The van der Waals surface area contributed by atoms with E-state index in [0.29, 0.717) is 0 Å². The molecule has 166 valence electrons. The van der Waals surface area contributed by atoms with Crippen LogP contribution in [0, 0.1) is 6.92 Å². The zero-order valence-corrected chi connectivity index (χ0v) is 18.9. The first-order valence-corrected chi connectivity index (χ1v) is 11.6. The molecule has 1 amide bonds. The number of thiophene rings is 1. The van der Waals surface area contributed by atoms with Gasteiger partial charge in [0.2, 0.25) is 0 Å². The van der Waals surface area contributed by atoms with Crippen LogP contribution in [0.4, 0.5) is 4.79 Å². The Morgan fingerprint density at radius 2 is 1.67 bits per heavy atom. The number of alkyl carbamates (subject to hydrolysis) is 1. The largest absolute Gasteiger partial charge is 0.480 e. The van der Waals surface area contributed by atoms with Crippen molar-refractivity contribution >= 4 is 33.5 Å². The van der Waals surface area contributed by atoms with Crippen LogP contribution in [-0.4, -0.2) is 29.8 Å². The molecule has 1 atom stereocenters. The summed E-state index contributed by atoms with van der Waals surface area (Å²) in [5.41, 5.74) is 5.66. The molecule has 1 aliphatic rings. The molecule has 0 saturated heterocycles. The monoisotopic (exact) mass is 457 g/mol. The molecule has 0 aliphatic heterocycles. The number of fused-ring (bicyclic) bond motifs is 4. The zero-order chi connectivity index (χ0) is 22.9. The van der Waals surface area contributed by atoms with E-state index in [4.69, 9.17) is 4.74 Å². The van der Waals surface area contributed by atoms with Gasteiger partial charge in [0.15, 0.2) is 0 Å². The second-order valence-electron chi connectivity index (χ2n) is 8.32. The van der Waals surface area contributed by atoms with E-state index >= 15 is 0 Å². The number of hydrogen-bond acceptors (Lipinski definition) is 4. The van der Waals surface area contributed by atoms with E-state index in [1.54, 1.807) is 11.3 Å². The van der Waals surface area contributed by atoms with E-state index in [1.807, 2.05) is 61.5 Å². The van der Waals surface area contributed by atoms with Crippen LogP contribution in [0.25, 0.3) is 21.2 Å². The lowest BCUT2D eigenvalue weighted by molar-refractivity contribution is -0.139. The molecule has 2 N–H and O–H groups in total. The summed E-state index contributed by atoms with van der Waals surface area (Å²) in [5.74, 6) is -1.16. The fraction of sp³-hybridized carbons (Fsp3) is 0.185. The normalized spacial score (nSPS) is 13.4. The maximum Gasteiger partial charge on any atom is 0.407 e. The summed E-state index contributed by atoms with van der Waals surface area (Å²) >= 11 is 1.54. The lowest BCUT2D eigenvalue weighted by Crippen LogP contribution is -2.42. The number of carboxylic acids is 1. The molecule has 5 nitrogen and oxygen atoms in total. The van der Waals surface area contributed by atoms with Crippen molar-refractivity contribution in [1.82, 2.24) is 5.32 Å². The minimum absolute atomic E-state index is 0.0720. The Hall–Kier alpha value is -3.64. The predicted molar refractivity (Wildman–Crippen MR) is 130 cm³/mol. The molecule has 3 aromatic carbocycles. The lowest BCUT2D eigenvalue weighted by Gasteiger charge is -2.17. The van der Waals surface area contributed by atoms with Gasteiger partial charge in [-0.05, 0) is 46.7 Å². The van der Waals surface area contributed by atoms with Crippen molar-refractivity contribution in [3.8, 4) is 11.1 Å². The molecule has 1 unspecified atom stereocenters. The van der Waals surface area contributed by atoms with E-state index in [1.165, 1.54) is 0 Å². The van der Waals surface area contributed by atoms with Crippen molar-refractivity contribution in [2.24, 2.45) is 0 Å². The number of rotatable bonds is 6. The summed E-state index contributed by atoms with van der Waals surface area (Å²) in [6.45, 7) is 2.17. The third-order valence-corrected chi connectivity index (χ3v) is 7.20. The molecule has 0 fully saturated rings. The molecule has 0 radical (unpaired) electrons. The van der Waals surface area contributed by atoms with Crippen molar-refractivity contribution in [2.75, 3.05) is 6.61 Å². The number of benzene rings is 3. The molecule has 0 saturated carbocycles. The first kappa shape index (κ1) is 21.2. The molecular formula is C27H23NO4S. The quantitative estimate of drug-likeness (QED) is 0.387. The summed E-state index contributed by atoms with van der Waals surface area (Å²) in [5, 5.41) is 13.3. The van der Waals surface area contributed by atoms with Crippen molar-refractivity contribution in [1.29, 1.82) is 0 Å². The van der Waals surface area contributed by atoms with Crippen molar-refractivity contribution in [2.45, 2.75) is 25.3 Å². The van der Waals surface area contributed by atoms with Crippen LogP contribution in [0.2, 0.25) is 0 Å². The van der Waals surface area contributed by atoms with Gasteiger partial charge in [0.05, 0.1) is 0 Å². The van der Waals surface area contributed by atoms with Crippen molar-refractivity contribution < 1.29 is 19.4 Å². The average Bonchev–Trinajstić information content (AvgIpc) is 3.35. The summed E-state index contributed by atoms with van der Waals surface area (Å²) in [6.07, 6.45) is -0.515. The van der Waals surface area contributed by atoms with E-state index in [9.17, 15) is 14.7 Å². The first-order chi connectivity index (χ1) is 16.0. The number of aryl methyl sites for hydroxylation is 1. The molecule has 6 heteroatoms. The Morgan fingerprint density at radius 3 is 2.33 bits per heavy atom. The summed E-state index contributed by atoms with van der Waals surface area (Å²) in [7, 11) is 0. The minimum Gasteiger partial charge on any atom is -0.480 e. The zero-order valence-electron chi connectivity index (χ0n) is 18.1. The van der Waals surface area contributed by atoms with E-state index in [2.05, 4.69) is 23.5 Å².